The van der Waals surface area contributed by atoms with Crippen molar-refractivity contribution in [1.82, 2.24) is 35.3 Å². The predicted octanol–water partition coefficient (Wildman–Crippen LogP) is 2.48. The topological polar surface area (TPSA) is 83.3 Å². The van der Waals surface area contributed by atoms with Crippen LogP contribution in [0.5, 0.6) is 0 Å². The van der Waals surface area contributed by atoms with Crippen LogP contribution < -0.4 is 10.6 Å². The second kappa shape index (κ2) is 11.8. The Morgan fingerprint density at radius 1 is 1.31 bits per heavy atom. The number of hydrogen-bond acceptors (Lipinski definition) is 6. The molecule has 1 fully saturated rings. The van der Waals surface area contributed by atoms with E-state index in [2.05, 4.69) is 44.6 Å². The predicted molar refractivity (Wildman–Crippen MR) is 129 cm³/mol. The molecule has 2 N–H and O–H groups in total. The standard InChI is InChI=1S/C19H32N8S.HI/c1-5-16-11-20-18(28-16)13-23-19(21-10-15-8-7-9-27(15)6-2)22-12-17-25-24-14(3)26(17)4;/h11,15H,5-10,12-13H2,1-4H3,(H2,21,22,23);1H. The average Bonchev–Trinajstić information content (AvgIpc) is 3.43. The summed E-state index contributed by atoms with van der Waals surface area (Å²) in [5, 5.41) is 16.4. The molecule has 2 aromatic heterocycles. The van der Waals surface area contributed by atoms with Gasteiger partial charge in [-0.15, -0.1) is 45.5 Å². The second-order valence-electron chi connectivity index (χ2n) is 7.12. The van der Waals surface area contributed by atoms with Crippen LogP contribution in [0.2, 0.25) is 0 Å². The van der Waals surface area contributed by atoms with Gasteiger partial charge in [0, 0.05) is 30.7 Å². The highest BCUT2D eigenvalue weighted by molar-refractivity contribution is 14.0. The van der Waals surface area contributed by atoms with Crippen LogP contribution in [-0.2, 0) is 26.6 Å². The molecule has 1 atom stereocenters. The van der Waals surface area contributed by atoms with Gasteiger partial charge in [-0.1, -0.05) is 13.8 Å². The maximum absolute atomic E-state index is 4.75. The van der Waals surface area contributed by atoms with Gasteiger partial charge in [0.15, 0.2) is 11.8 Å². The van der Waals surface area contributed by atoms with Gasteiger partial charge in [-0.3, -0.25) is 4.90 Å². The van der Waals surface area contributed by atoms with Gasteiger partial charge >= 0.3 is 0 Å². The molecule has 0 aromatic carbocycles. The highest BCUT2D eigenvalue weighted by atomic mass is 127. The summed E-state index contributed by atoms with van der Waals surface area (Å²) in [5.74, 6) is 2.56. The molecule has 1 aliphatic rings. The largest absolute Gasteiger partial charge is 0.355 e. The van der Waals surface area contributed by atoms with Crippen molar-refractivity contribution in [2.45, 2.75) is 59.2 Å². The molecule has 3 rings (SSSR count). The number of thiazole rings is 1. The Morgan fingerprint density at radius 2 is 2.14 bits per heavy atom. The summed E-state index contributed by atoms with van der Waals surface area (Å²) in [6.45, 7) is 10.7. The molecule has 1 saturated heterocycles. The number of guanidine groups is 1. The third-order valence-electron chi connectivity index (χ3n) is 5.33. The fraction of sp³-hybridized carbons (Fsp3) is 0.684. The molecule has 1 aliphatic heterocycles. The van der Waals surface area contributed by atoms with Crippen molar-refractivity contribution in [2.75, 3.05) is 19.6 Å². The van der Waals surface area contributed by atoms with Crippen LogP contribution >= 0.6 is 35.3 Å². The highest BCUT2D eigenvalue weighted by Crippen LogP contribution is 2.16. The van der Waals surface area contributed by atoms with Crippen molar-refractivity contribution in [3.05, 3.63) is 27.7 Å². The Kier molecular flexibility index (Phi) is 9.76. The molecule has 0 radical (unpaired) electrons. The van der Waals surface area contributed by atoms with E-state index in [0.717, 1.165) is 42.1 Å². The molecule has 162 valence electrons. The molecule has 10 heteroatoms. The summed E-state index contributed by atoms with van der Waals surface area (Å²) in [6.07, 6.45) is 5.50. The number of likely N-dealkylation sites (tertiary alicyclic amines) is 1. The van der Waals surface area contributed by atoms with Gasteiger partial charge in [0.05, 0.1) is 6.54 Å². The average molecular weight is 533 g/mol. The number of nitrogens with zero attached hydrogens (tertiary/aromatic N) is 6. The van der Waals surface area contributed by atoms with E-state index in [1.165, 1.54) is 24.3 Å². The number of nitrogens with one attached hydrogen (secondary N) is 2. The quantitative estimate of drug-likeness (QED) is 0.309. The molecule has 0 aliphatic carbocycles. The molecule has 0 amide bonds. The molecule has 0 bridgehead atoms. The zero-order valence-electron chi connectivity index (χ0n) is 17.8. The normalized spacial score (nSPS) is 17.4. The number of hydrogen-bond donors (Lipinski definition) is 2. The zero-order chi connectivity index (χ0) is 19.9. The lowest BCUT2D eigenvalue weighted by molar-refractivity contribution is 0.267. The lowest BCUT2D eigenvalue weighted by Crippen LogP contribution is -2.44. The lowest BCUT2D eigenvalue weighted by Gasteiger charge is -2.24. The number of aromatic nitrogens is 4. The van der Waals surface area contributed by atoms with Crippen LogP contribution in [0.4, 0.5) is 0 Å². The van der Waals surface area contributed by atoms with Gasteiger partial charge in [-0.05, 0) is 39.3 Å². The highest BCUT2D eigenvalue weighted by Gasteiger charge is 2.22. The Morgan fingerprint density at radius 3 is 2.79 bits per heavy atom. The van der Waals surface area contributed by atoms with E-state index in [0.29, 0.717) is 19.1 Å². The van der Waals surface area contributed by atoms with E-state index in [1.807, 2.05) is 24.7 Å². The smallest absolute Gasteiger partial charge is 0.192 e. The minimum absolute atomic E-state index is 0. The Labute approximate surface area is 194 Å². The maximum Gasteiger partial charge on any atom is 0.192 e. The first-order valence-electron chi connectivity index (χ1n) is 10.1. The Hall–Kier alpha value is -1.27. The van der Waals surface area contributed by atoms with E-state index >= 15 is 0 Å². The summed E-state index contributed by atoms with van der Waals surface area (Å²) < 4.78 is 1.98. The van der Waals surface area contributed by atoms with E-state index in [4.69, 9.17) is 4.99 Å². The third kappa shape index (κ3) is 6.61. The first kappa shape index (κ1) is 24.0. The van der Waals surface area contributed by atoms with E-state index in [1.54, 1.807) is 11.3 Å². The van der Waals surface area contributed by atoms with E-state index in [-0.39, 0.29) is 24.0 Å². The Balaban J connectivity index is 0.00000300. The second-order valence-corrected chi connectivity index (χ2v) is 8.32. The molecule has 8 nitrogen and oxygen atoms in total. The number of halogens is 1. The summed E-state index contributed by atoms with van der Waals surface area (Å²) in [7, 11) is 1.97. The SMILES string of the molecule is CCc1cnc(CNC(=NCc2nnc(C)n2C)NCC2CCCN2CC)s1.I. The van der Waals surface area contributed by atoms with Crippen molar-refractivity contribution in [1.29, 1.82) is 0 Å². The minimum Gasteiger partial charge on any atom is -0.355 e. The molecule has 0 saturated carbocycles. The van der Waals surface area contributed by atoms with Crippen molar-refractivity contribution >= 4 is 41.3 Å². The number of likely N-dealkylation sites (N-methyl/N-ethyl adjacent to an activating group) is 1. The summed E-state index contributed by atoms with van der Waals surface area (Å²) >= 11 is 1.75. The maximum atomic E-state index is 4.75. The number of aliphatic imine (C=N–C) groups is 1. The van der Waals surface area contributed by atoms with Crippen molar-refractivity contribution < 1.29 is 0 Å². The first-order valence-corrected chi connectivity index (χ1v) is 11.0. The molecule has 2 aromatic rings. The van der Waals surface area contributed by atoms with Gasteiger partial charge in [0.1, 0.15) is 17.4 Å². The molecule has 0 spiro atoms. The van der Waals surface area contributed by atoms with E-state index < -0.39 is 0 Å². The van der Waals surface area contributed by atoms with Gasteiger partial charge in [-0.25, -0.2) is 9.98 Å². The number of aryl methyl sites for hydroxylation is 2. The van der Waals surface area contributed by atoms with Crippen LogP contribution in [-0.4, -0.2) is 56.3 Å². The third-order valence-corrected chi connectivity index (χ3v) is 6.47. The summed E-state index contributed by atoms with van der Waals surface area (Å²) in [5.41, 5.74) is 0. The van der Waals surface area contributed by atoms with Crippen molar-refractivity contribution in [2.24, 2.45) is 12.0 Å². The van der Waals surface area contributed by atoms with Crippen LogP contribution in [0, 0.1) is 6.92 Å². The molecular weight excluding hydrogens is 499 g/mol. The zero-order valence-corrected chi connectivity index (χ0v) is 21.0. The van der Waals surface area contributed by atoms with Gasteiger partial charge < -0.3 is 15.2 Å². The van der Waals surface area contributed by atoms with Crippen molar-refractivity contribution in [3.63, 3.8) is 0 Å². The van der Waals surface area contributed by atoms with Crippen molar-refractivity contribution in [3.8, 4) is 0 Å². The van der Waals surface area contributed by atoms with Crippen LogP contribution in [0.1, 0.15) is 48.2 Å². The lowest BCUT2D eigenvalue weighted by atomic mass is 10.2. The molecule has 3 heterocycles. The van der Waals surface area contributed by atoms with Gasteiger partial charge in [-0.2, -0.15) is 0 Å². The Bertz CT molecular complexity index is 787. The van der Waals surface area contributed by atoms with Gasteiger partial charge in [0.2, 0.25) is 0 Å². The summed E-state index contributed by atoms with van der Waals surface area (Å²) in [4.78, 5) is 13.1. The van der Waals surface area contributed by atoms with E-state index in [9.17, 15) is 0 Å². The number of rotatable bonds is 8. The van der Waals surface area contributed by atoms with Gasteiger partial charge in [0.25, 0.3) is 0 Å². The summed E-state index contributed by atoms with van der Waals surface area (Å²) in [6, 6.07) is 0.570. The molecular formula is C19H33IN8S. The molecule has 1 unspecified atom stereocenters. The minimum atomic E-state index is 0. The van der Waals surface area contributed by atoms with Crippen LogP contribution in [0.25, 0.3) is 0 Å². The monoisotopic (exact) mass is 532 g/mol. The molecule has 29 heavy (non-hydrogen) atoms. The fourth-order valence-electron chi connectivity index (χ4n) is 3.42. The first-order chi connectivity index (χ1) is 13.6. The fourth-order valence-corrected chi connectivity index (χ4v) is 4.22. The van der Waals surface area contributed by atoms with Crippen LogP contribution in [0.15, 0.2) is 11.2 Å². The van der Waals surface area contributed by atoms with Crippen LogP contribution in [0.3, 0.4) is 0 Å².